The summed E-state index contributed by atoms with van der Waals surface area (Å²) in [6.45, 7) is 2.62. The molecule has 1 aromatic heterocycles. The minimum atomic E-state index is -0.125. The Kier molecular flexibility index (Phi) is 4.12. The maximum absolute atomic E-state index is 13.0. The number of carbonyl (C=O) groups is 1. The van der Waals surface area contributed by atoms with Gasteiger partial charge in [0.2, 0.25) is 0 Å². The van der Waals surface area contributed by atoms with Gasteiger partial charge in [-0.25, -0.2) is 0 Å². The third-order valence-electron chi connectivity index (χ3n) is 5.66. The summed E-state index contributed by atoms with van der Waals surface area (Å²) in [5, 5.41) is 4.75. The van der Waals surface area contributed by atoms with Gasteiger partial charge in [-0.15, -0.1) is 0 Å². The molecule has 2 heterocycles. The fourth-order valence-corrected chi connectivity index (χ4v) is 4.46. The summed E-state index contributed by atoms with van der Waals surface area (Å²) in [7, 11) is 0. The summed E-state index contributed by atoms with van der Waals surface area (Å²) in [5.74, 6) is 1.10. The Morgan fingerprint density at radius 1 is 1.11 bits per heavy atom. The standard InChI is InChI=1S/C24H22N2O2/c1-2-28-16-10-8-15(9-11-16)24-23-18(5-3-7-21(23)27)22-17-6-4-14-25-19(17)12-13-20(22)26-24/h4,6,8-14,24,26H,2-3,5,7H2,1H3. The lowest BCUT2D eigenvalue weighted by molar-refractivity contribution is -0.116. The van der Waals surface area contributed by atoms with Crippen molar-refractivity contribution in [1.29, 1.82) is 0 Å². The zero-order valence-electron chi connectivity index (χ0n) is 15.9. The van der Waals surface area contributed by atoms with E-state index in [1.54, 1.807) is 0 Å². The summed E-state index contributed by atoms with van der Waals surface area (Å²) in [4.78, 5) is 17.5. The highest BCUT2D eigenvalue weighted by Crippen LogP contribution is 2.47. The van der Waals surface area contributed by atoms with Gasteiger partial charge in [0.15, 0.2) is 5.78 Å². The van der Waals surface area contributed by atoms with Gasteiger partial charge in [-0.1, -0.05) is 18.2 Å². The van der Waals surface area contributed by atoms with Crippen LogP contribution in [0.3, 0.4) is 0 Å². The number of Topliss-reactive ketones (excluding diaryl/α,β-unsaturated/α-hetero) is 1. The van der Waals surface area contributed by atoms with Crippen molar-refractivity contribution in [2.24, 2.45) is 0 Å². The van der Waals surface area contributed by atoms with E-state index >= 15 is 0 Å². The molecule has 1 atom stereocenters. The van der Waals surface area contributed by atoms with E-state index in [0.717, 1.165) is 51.9 Å². The van der Waals surface area contributed by atoms with E-state index in [9.17, 15) is 4.79 Å². The third-order valence-corrected chi connectivity index (χ3v) is 5.66. The van der Waals surface area contributed by atoms with Crippen LogP contribution in [-0.4, -0.2) is 17.4 Å². The molecule has 2 aromatic carbocycles. The molecule has 1 unspecified atom stereocenters. The van der Waals surface area contributed by atoms with Crippen molar-refractivity contribution in [3.8, 4) is 5.75 Å². The van der Waals surface area contributed by atoms with Crippen LogP contribution in [0.2, 0.25) is 0 Å². The first kappa shape index (κ1) is 17.0. The Labute approximate surface area is 164 Å². The monoisotopic (exact) mass is 370 g/mol. The van der Waals surface area contributed by atoms with Crippen LogP contribution in [0.1, 0.15) is 43.4 Å². The lowest BCUT2D eigenvalue weighted by atomic mass is 9.77. The number of pyridine rings is 1. The molecule has 1 aliphatic carbocycles. The van der Waals surface area contributed by atoms with Gasteiger partial charge < -0.3 is 10.1 Å². The molecular weight excluding hydrogens is 348 g/mol. The second-order valence-electron chi connectivity index (χ2n) is 7.31. The van der Waals surface area contributed by atoms with E-state index in [-0.39, 0.29) is 11.8 Å². The van der Waals surface area contributed by atoms with Crippen molar-refractivity contribution < 1.29 is 9.53 Å². The number of allylic oxidation sites excluding steroid dienone is 1. The van der Waals surface area contributed by atoms with Crippen molar-refractivity contribution in [3.63, 3.8) is 0 Å². The minimum Gasteiger partial charge on any atom is -0.494 e. The SMILES string of the molecule is CCOc1ccc(C2Nc3ccc4ncccc4c3C3=C2C(=O)CCC3)cc1. The van der Waals surface area contributed by atoms with Crippen LogP contribution in [0.15, 0.2) is 60.3 Å². The number of hydrogen-bond donors (Lipinski definition) is 1. The molecule has 140 valence electrons. The summed E-state index contributed by atoms with van der Waals surface area (Å²) < 4.78 is 5.57. The molecule has 28 heavy (non-hydrogen) atoms. The molecule has 0 spiro atoms. The maximum Gasteiger partial charge on any atom is 0.161 e. The molecule has 1 N–H and O–H groups in total. The average molecular weight is 370 g/mol. The number of nitrogens with one attached hydrogen (secondary N) is 1. The van der Waals surface area contributed by atoms with Crippen LogP contribution < -0.4 is 10.1 Å². The quantitative estimate of drug-likeness (QED) is 0.679. The van der Waals surface area contributed by atoms with Gasteiger partial charge in [0.25, 0.3) is 0 Å². The summed E-state index contributed by atoms with van der Waals surface area (Å²) in [6.07, 6.45) is 4.27. The number of anilines is 1. The van der Waals surface area contributed by atoms with Crippen LogP contribution in [0.4, 0.5) is 5.69 Å². The lowest BCUT2D eigenvalue weighted by Crippen LogP contribution is -2.27. The van der Waals surface area contributed by atoms with Crippen molar-refractivity contribution in [1.82, 2.24) is 4.98 Å². The first-order valence-corrected chi connectivity index (χ1v) is 9.90. The van der Waals surface area contributed by atoms with Gasteiger partial charge >= 0.3 is 0 Å². The smallest absolute Gasteiger partial charge is 0.161 e. The van der Waals surface area contributed by atoms with E-state index in [2.05, 4.69) is 34.6 Å². The minimum absolute atomic E-state index is 0.125. The topological polar surface area (TPSA) is 51.2 Å². The Bertz CT molecular complexity index is 1100. The van der Waals surface area contributed by atoms with E-state index < -0.39 is 0 Å². The first-order chi connectivity index (χ1) is 13.8. The van der Waals surface area contributed by atoms with Gasteiger partial charge in [-0.2, -0.15) is 0 Å². The Balaban J connectivity index is 1.68. The molecular formula is C24H22N2O2. The van der Waals surface area contributed by atoms with Crippen molar-refractivity contribution in [2.75, 3.05) is 11.9 Å². The summed E-state index contributed by atoms with van der Waals surface area (Å²) in [5.41, 5.74) is 6.38. The Hall–Kier alpha value is -3.14. The largest absolute Gasteiger partial charge is 0.494 e. The predicted octanol–water partition coefficient (Wildman–Crippen LogP) is 5.31. The molecule has 0 radical (unpaired) electrons. The maximum atomic E-state index is 13.0. The normalized spacial score (nSPS) is 18.5. The van der Waals surface area contributed by atoms with Crippen LogP contribution in [-0.2, 0) is 4.79 Å². The van der Waals surface area contributed by atoms with Gasteiger partial charge in [0.05, 0.1) is 18.2 Å². The number of carbonyl (C=O) groups excluding carboxylic acids is 1. The molecule has 0 amide bonds. The number of rotatable bonds is 3. The number of hydrogen-bond acceptors (Lipinski definition) is 4. The number of ketones is 1. The highest BCUT2D eigenvalue weighted by molar-refractivity contribution is 6.12. The zero-order chi connectivity index (χ0) is 19.1. The van der Waals surface area contributed by atoms with E-state index in [4.69, 9.17) is 4.74 Å². The number of fused-ring (bicyclic) bond motifs is 4. The second kappa shape index (κ2) is 6.79. The van der Waals surface area contributed by atoms with Crippen molar-refractivity contribution in [3.05, 3.63) is 71.4 Å². The van der Waals surface area contributed by atoms with E-state index in [0.29, 0.717) is 13.0 Å². The first-order valence-electron chi connectivity index (χ1n) is 9.90. The fourth-order valence-electron chi connectivity index (χ4n) is 4.46. The number of ether oxygens (including phenoxy) is 1. The van der Waals surface area contributed by atoms with Gasteiger partial charge in [0.1, 0.15) is 5.75 Å². The molecule has 0 fully saturated rings. The van der Waals surface area contributed by atoms with Crippen molar-refractivity contribution >= 4 is 27.9 Å². The van der Waals surface area contributed by atoms with Gasteiger partial charge in [-0.3, -0.25) is 9.78 Å². The average Bonchev–Trinajstić information content (AvgIpc) is 2.74. The molecule has 0 bridgehead atoms. The molecule has 1 aliphatic heterocycles. The Morgan fingerprint density at radius 2 is 1.96 bits per heavy atom. The van der Waals surface area contributed by atoms with Gasteiger partial charge in [-0.05, 0) is 61.2 Å². The highest BCUT2D eigenvalue weighted by atomic mass is 16.5. The number of aromatic nitrogens is 1. The van der Waals surface area contributed by atoms with Crippen LogP contribution >= 0.6 is 0 Å². The predicted molar refractivity (Wildman–Crippen MR) is 111 cm³/mol. The van der Waals surface area contributed by atoms with E-state index in [1.807, 2.05) is 37.4 Å². The Morgan fingerprint density at radius 3 is 2.79 bits per heavy atom. The molecule has 4 nitrogen and oxygen atoms in total. The molecule has 0 saturated carbocycles. The summed E-state index contributed by atoms with van der Waals surface area (Å²) >= 11 is 0. The fraction of sp³-hybridized carbons (Fsp3) is 0.250. The molecule has 2 aliphatic rings. The zero-order valence-corrected chi connectivity index (χ0v) is 15.9. The number of benzene rings is 2. The van der Waals surface area contributed by atoms with Crippen LogP contribution in [0.5, 0.6) is 5.75 Å². The number of nitrogens with zero attached hydrogens (tertiary/aromatic N) is 1. The van der Waals surface area contributed by atoms with E-state index in [1.165, 1.54) is 5.57 Å². The van der Waals surface area contributed by atoms with Crippen LogP contribution in [0, 0.1) is 0 Å². The van der Waals surface area contributed by atoms with Crippen LogP contribution in [0.25, 0.3) is 16.5 Å². The second-order valence-corrected chi connectivity index (χ2v) is 7.31. The molecule has 3 aromatic rings. The summed E-state index contributed by atoms with van der Waals surface area (Å²) in [6, 6.07) is 16.2. The lowest BCUT2D eigenvalue weighted by Gasteiger charge is -2.35. The molecule has 5 rings (SSSR count). The molecule has 0 saturated heterocycles. The van der Waals surface area contributed by atoms with Gasteiger partial charge in [0, 0.05) is 34.8 Å². The molecule has 4 heteroatoms. The third kappa shape index (κ3) is 2.68. The highest BCUT2D eigenvalue weighted by Gasteiger charge is 2.34. The van der Waals surface area contributed by atoms with Crippen molar-refractivity contribution in [2.45, 2.75) is 32.2 Å².